The number of hydrogen-bond acceptors (Lipinski definition) is 4. The molecule has 0 radical (unpaired) electrons. The molecule has 0 atom stereocenters. The van der Waals surface area contributed by atoms with Gasteiger partial charge in [-0.1, -0.05) is 32.6 Å². The van der Waals surface area contributed by atoms with Gasteiger partial charge in [0, 0.05) is 12.8 Å². The number of esters is 2. The van der Waals surface area contributed by atoms with Crippen LogP contribution in [0.5, 0.6) is 0 Å². The molecule has 0 saturated carbocycles. The first-order valence-corrected chi connectivity index (χ1v) is 8.53. The van der Waals surface area contributed by atoms with Crippen molar-refractivity contribution in [2.75, 3.05) is 13.2 Å². The Morgan fingerprint density at radius 1 is 0.857 bits per heavy atom. The Kier molecular flexibility index (Phi) is 14.1. The maximum Gasteiger partial charge on any atom is 0.305 e. The standard InChI is InChI=1S/C15H26Cl2O4/c1-2-3-4-5-8-11-20-14(18)9-6-7-10-15(19)21-12-13(16)17/h13H,2-12H2,1H3. The third-order valence-corrected chi connectivity index (χ3v) is 3.15. The van der Waals surface area contributed by atoms with Crippen LogP contribution < -0.4 is 0 Å². The van der Waals surface area contributed by atoms with Crippen LogP contribution in [-0.2, 0) is 19.1 Å². The molecule has 0 N–H and O–H groups in total. The van der Waals surface area contributed by atoms with Gasteiger partial charge in [0.1, 0.15) is 11.4 Å². The monoisotopic (exact) mass is 340 g/mol. The maximum atomic E-state index is 11.4. The van der Waals surface area contributed by atoms with Crippen molar-refractivity contribution in [3.8, 4) is 0 Å². The first kappa shape index (κ1) is 20.5. The summed E-state index contributed by atoms with van der Waals surface area (Å²) < 4.78 is 9.92. The number of rotatable bonds is 13. The van der Waals surface area contributed by atoms with Gasteiger partial charge in [-0.3, -0.25) is 9.59 Å². The molecule has 21 heavy (non-hydrogen) atoms. The van der Waals surface area contributed by atoms with E-state index in [9.17, 15) is 9.59 Å². The van der Waals surface area contributed by atoms with Crippen LogP contribution in [0, 0.1) is 0 Å². The number of unbranched alkanes of at least 4 members (excludes halogenated alkanes) is 5. The van der Waals surface area contributed by atoms with Gasteiger partial charge in [0.25, 0.3) is 0 Å². The largest absolute Gasteiger partial charge is 0.466 e. The minimum Gasteiger partial charge on any atom is -0.466 e. The number of carbonyl (C=O) groups is 2. The second kappa shape index (κ2) is 14.5. The van der Waals surface area contributed by atoms with Gasteiger partial charge in [0.2, 0.25) is 0 Å². The molecule has 0 heterocycles. The summed E-state index contributed by atoms with van der Waals surface area (Å²) in [6.07, 6.45) is 7.50. The van der Waals surface area contributed by atoms with Crippen LogP contribution >= 0.6 is 23.2 Å². The van der Waals surface area contributed by atoms with Crippen LogP contribution in [-0.4, -0.2) is 30.0 Å². The minimum atomic E-state index is -0.693. The summed E-state index contributed by atoms with van der Waals surface area (Å²) in [5.41, 5.74) is 0. The van der Waals surface area contributed by atoms with E-state index < -0.39 is 4.84 Å². The Balaban J connectivity index is 3.35. The molecule has 0 amide bonds. The molecule has 0 spiro atoms. The molecule has 0 unspecified atom stereocenters. The molecule has 0 fully saturated rings. The van der Waals surface area contributed by atoms with E-state index >= 15 is 0 Å². The van der Waals surface area contributed by atoms with E-state index in [2.05, 4.69) is 6.92 Å². The van der Waals surface area contributed by atoms with Crippen LogP contribution in [0.2, 0.25) is 0 Å². The first-order valence-electron chi connectivity index (χ1n) is 7.65. The zero-order valence-corrected chi connectivity index (χ0v) is 14.3. The van der Waals surface area contributed by atoms with Gasteiger partial charge in [0.15, 0.2) is 0 Å². The molecular formula is C15H26Cl2O4. The number of ether oxygens (including phenoxy) is 2. The number of carbonyl (C=O) groups excluding carboxylic acids is 2. The van der Waals surface area contributed by atoms with Crippen molar-refractivity contribution < 1.29 is 19.1 Å². The van der Waals surface area contributed by atoms with E-state index in [4.69, 9.17) is 32.7 Å². The highest BCUT2D eigenvalue weighted by atomic mass is 35.5. The van der Waals surface area contributed by atoms with Crippen molar-refractivity contribution >= 4 is 35.1 Å². The quantitative estimate of drug-likeness (QED) is 0.283. The fraction of sp³-hybridized carbons (Fsp3) is 0.867. The van der Waals surface area contributed by atoms with Crippen molar-refractivity contribution in [2.45, 2.75) is 69.5 Å². The normalized spacial score (nSPS) is 10.7. The average molecular weight is 341 g/mol. The molecule has 0 aromatic heterocycles. The van der Waals surface area contributed by atoms with Crippen LogP contribution in [0.4, 0.5) is 0 Å². The summed E-state index contributed by atoms with van der Waals surface area (Å²) in [6, 6.07) is 0. The average Bonchev–Trinajstić information content (AvgIpc) is 2.45. The molecule has 0 aromatic rings. The lowest BCUT2D eigenvalue weighted by Gasteiger charge is -2.06. The third kappa shape index (κ3) is 15.7. The Labute approximate surface area is 137 Å². The van der Waals surface area contributed by atoms with Gasteiger partial charge in [-0.25, -0.2) is 0 Å². The molecule has 0 aliphatic carbocycles. The molecule has 124 valence electrons. The van der Waals surface area contributed by atoms with E-state index in [0.29, 0.717) is 25.9 Å². The summed E-state index contributed by atoms with van der Waals surface area (Å²) >= 11 is 10.9. The van der Waals surface area contributed by atoms with E-state index in [1.165, 1.54) is 19.3 Å². The molecule has 0 aromatic carbocycles. The van der Waals surface area contributed by atoms with Gasteiger partial charge >= 0.3 is 11.9 Å². The maximum absolute atomic E-state index is 11.4. The molecule has 4 nitrogen and oxygen atoms in total. The summed E-state index contributed by atoms with van der Waals surface area (Å²) in [5.74, 6) is -0.536. The number of alkyl halides is 2. The zero-order chi connectivity index (χ0) is 15.9. The molecular weight excluding hydrogens is 315 g/mol. The highest BCUT2D eigenvalue weighted by molar-refractivity contribution is 6.44. The second-order valence-electron chi connectivity index (χ2n) is 4.92. The molecule has 0 bridgehead atoms. The van der Waals surface area contributed by atoms with Crippen LogP contribution in [0.25, 0.3) is 0 Å². The highest BCUT2D eigenvalue weighted by Crippen LogP contribution is 2.07. The highest BCUT2D eigenvalue weighted by Gasteiger charge is 2.07. The predicted octanol–water partition coefficient (Wildman–Crippen LogP) is 4.41. The summed E-state index contributed by atoms with van der Waals surface area (Å²) in [7, 11) is 0. The summed E-state index contributed by atoms with van der Waals surface area (Å²) in [6.45, 7) is 2.67. The smallest absolute Gasteiger partial charge is 0.305 e. The molecule has 0 aliphatic rings. The lowest BCUT2D eigenvalue weighted by Crippen LogP contribution is -2.10. The number of halogens is 2. The van der Waals surface area contributed by atoms with E-state index in [-0.39, 0.29) is 25.0 Å². The van der Waals surface area contributed by atoms with E-state index in [1.807, 2.05) is 0 Å². The van der Waals surface area contributed by atoms with Gasteiger partial charge in [-0.15, -0.1) is 23.2 Å². The molecule has 0 aliphatic heterocycles. The molecule has 0 saturated heterocycles. The fourth-order valence-corrected chi connectivity index (χ4v) is 1.86. The Morgan fingerprint density at radius 2 is 1.43 bits per heavy atom. The van der Waals surface area contributed by atoms with Crippen molar-refractivity contribution in [2.24, 2.45) is 0 Å². The Bertz CT molecular complexity index is 283. The zero-order valence-electron chi connectivity index (χ0n) is 12.7. The van der Waals surface area contributed by atoms with Crippen LogP contribution in [0.3, 0.4) is 0 Å². The Morgan fingerprint density at radius 3 is 2.00 bits per heavy atom. The van der Waals surface area contributed by atoms with E-state index in [0.717, 1.165) is 12.8 Å². The van der Waals surface area contributed by atoms with E-state index in [1.54, 1.807) is 0 Å². The topological polar surface area (TPSA) is 52.6 Å². The van der Waals surface area contributed by atoms with Gasteiger partial charge in [-0.2, -0.15) is 0 Å². The van der Waals surface area contributed by atoms with Crippen LogP contribution in [0.15, 0.2) is 0 Å². The van der Waals surface area contributed by atoms with Crippen LogP contribution in [0.1, 0.15) is 64.7 Å². The van der Waals surface area contributed by atoms with Gasteiger partial charge in [-0.05, 0) is 19.3 Å². The van der Waals surface area contributed by atoms with Crippen molar-refractivity contribution in [1.82, 2.24) is 0 Å². The Hall–Kier alpha value is -0.480. The predicted molar refractivity (Wildman–Crippen MR) is 84.6 cm³/mol. The second-order valence-corrected chi connectivity index (χ2v) is 6.19. The fourth-order valence-electron chi connectivity index (χ4n) is 1.73. The lowest BCUT2D eigenvalue weighted by molar-refractivity contribution is -0.145. The summed E-state index contributed by atoms with van der Waals surface area (Å²) in [5, 5.41) is 0. The van der Waals surface area contributed by atoms with Gasteiger partial charge in [0.05, 0.1) is 6.61 Å². The minimum absolute atomic E-state index is 0.00200. The van der Waals surface area contributed by atoms with Crippen molar-refractivity contribution in [3.05, 3.63) is 0 Å². The van der Waals surface area contributed by atoms with Crippen molar-refractivity contribution in [1.29, 1.82) is 0 Å². The number of hydrogen-bond donors (Lipinski definition) is 0. The third-order valence-electron chi connectivity index (χ3n) is 2.89. The SMILES string of the molecule is CCCCCCCOC(=O)CCCCC(=O)OCC(Cl)Cl. The molecule has 6 heteroatoms. The first-order chi connectivity index (χ1) is 10.1. The lowest BCUT2D eigenvalue weighted by atomic mass is 10.2. The summed E-state index contributed by atoms with van der Waals surface area (Å²) in [4.78, 5) is 22.0. The molecule has 0 rings (SSSR count). The van der Waals surface area contributed by atoms with Crippen molar-refractivity contribution in [3.63, 3.8) is 0 Å². The van der Waals surface area contributed by atoms with Gasteiger partial charge < -0.3 is 9.47 Å².